The second-order valence-electron chi connectivity index (χ2n) is 4.75. The van der Waals surface area contributed by atoms with Crippen LogP contribution in [0.1, 0.15) is 58.3 Å². The van der Waals surface area contributed by atoms with E-state index in [0.717, 1.165) is 11.8 Å². The van der Waals surface area contributed by atoms with Crippen molar-refractivity contribution >= 4 is 0 Å². The normalized spacial score (nSPS) is 25.3. The van der Waals surface area contributed by atoms with Gasteiger partial charge in [-0.3, -0.25) is 0 Å². The van der Waals surface area contributed by atoms with Gasteiger partial charge in [-0.25, -0.2) is 0 Å². The predicted octanol–water partition coefficient (Wildman–Crippen LogP) is 4.31. The van der Waals surface area contributed by atoms with Crippen molar-refractivity contribution in [2.45, 2.75) is 58.3 Å². The highest BCUT2D eigenvalue weighted by Crippen LogP contribution is 2.40. The molecule has 2 fully saturated rings. The van der Waals surface area contributed by atoms with Gasteiger partial charge in [0.1, 0.15) is 0 Å². The highest BCUT2D eigenvalue weighted by Gasteiger charge is 2.26. The second-order valence-corrected chi connectivity index (χ2v) is 4.75. The summed E-state index contributed by atoms with van der Waals surface area (Å²) in [5, 5.41) is 0. The van der Waals surface area contributed by atoms with Gasteiger partial charge in [0.25, 0.3) is 0 Å². The second kappa shape index (κ2) is 4.30. The maximum Gasteiger partial charge on any atom is -0.0201 e. The Balaban J connectivity index is 1.99. The monoisotopic (exact) mass is 178 g/mol. The SMILES string of the molecule is CC=C(C1CCCC1)C1CCCC1. The number of allylic oxidation sites excluding steroid dienone is 2. The third-order valence-electron chi connectivity index (χ3n) is 3.99. The molecule has 0 aromatic carbocycles. The Morgan fingerprint density at radius 3 is 1.54 bits per heavy atom. The molecular formula is C13H22. The highest BCUT2D eigenvalue weighted by molar-refractivity contribution is 5.12. The summed E-state index contributed by atoms with van der Waals surface area (Å²) < 4.78 is 0. The molecule has 0 radical (unpaired) electrons. The van der Waals surface area contributed by atoms with Crippen LogP contribution in [0, 0.1) is 11.8 Å². The van der Waals surface area contributed by atoms with Crippen molar-refractivity contribution < 1.29 is 0 Å². The predicted molar refractivity (Wildman–Crippen MR) is 57.7 cm³/mol. The van der Waals surface area contributed by atoms with E-state index in [2.05, 4.69) is 13.0 Å². The van der Waals surface area contributed by atoms with Gasteiger partial charge in [0.2, 0.25) is 0 Å². The number of hydrogen-bond donors (Lipinski definition) is 0. The van der Waals surface area contributed by atoms with Gasteiger partial charge in [-0.2, -0.15) is 0 Å². The van der Waals surface area contributed by atoms with Crippen molar-refractivity contribution in [1.82, 2.24) is 0 Å². The molecule has 0 atom stereocenters. The summed E-state index contributed by atoms with van der Waals surface area (Å²) in [5.74, 6) is 1.96. The summed E-state index contributed by atoms with van der Waals surface area (Å²) in [5.41, 5.74) is 1.83. The molecule has 0 unspecified atom stereocenters. The van der Waals surface area contributed by atoms with Crippen molar-refractivity contribution in [3.05, 3.63) is 11.6 Å². The van der Waals surface area contributed by atoms with E-state index in [-0.39, 0.29) is 0 Å². The van der Waals surface area contributed by atoms with Gasteiger partial charge in [0.15, 0.2) is 0 Å². The molecule has 0 saturated heterocycles. The van der Waals surface area contributed by atoms with E-state index in [0.29, 0.717) is 0 Å². The third kappa shape index (κ3) is 1.98. The Hall–Kier alpha value is -0.260. The molecule has 0 heteroatoms. The van der Waals surface area contributed by atoms with Crippen molar-refractivity contribution in [2.24, 2.45) is 11.8 Å². The van der Waals surface area contributed by atoms with Crippen LogP contribution >= 0.6 is 0 Å². The van der Waals surface area contributed by atoms with E-state index >= 15 is 0 Å². The van der Waals surface area contributed by atoms with Crippen LogP contribution in [0.2, 0.25) is 0 Å². The first-order chi connectivity index (χ1) is 6.42. The average molecular weight is 178 g/mol. The summed E-state index contributed by atoms with van der Waals surface area (Å²) in [7, 11) is 0. The van der Waals surface area contributed by atoms with Crippen LogP contribution in [0.3, 0.4) is 0 Å². The Kier molecular flexibility index (Phi) is 3.08. The van der Waals surface area contributed by atoms with Gasteiger partial charge >= 0.3 is 0 Å². The fourth-order valence-electron chi connectivity index (χ4n) is 3.32. The molecule has 0 bridgehead atoms. The standard InChI is InChI=1S/C13H22/c1-2-13(11-7-3-4-8-11)12-9-5-6-10-12/h2,11-12H,3-10H2,1H3. The van der Waals surface area contributed by atoms with E-state index in [1.54, 1.807) is 0 Å². The Morgan fingerprint density at radius 1 is 0.846 bits per heavy atom. The first-order valence-electron chi connectivity index (χ1n) is 6.08. The van der Waals surface area contributed by atoms with E-state index in [1.165, 1.54) is 51.4 Å². The molecule has 2 aliphatic carbocycles. The minimum absolute atomic E-state index is 0.980. The summed E-state index contributed by atoms with van der Waals surface area (Å²) >= 11 is 0. The highest BCUT2D eigenvalue weighted by atomic mass is 14.3. The molecule has 0 amide bonds. The Morgan fingerprint density at radius 2 is 1.23 bits per heavy atom. The van der Waals surface area contributed by atoms with Gasteiger partial charge in [-0.05, 0) is 44.4 Å². The lowest BCUT2D eigenvalue weighted by atomic mass is 9.85. The van der Waals surface area contributed by atoms with Gasteiger partial charge < -0.3 is 0 Å². The van der Waals surface area contributed by atoms with Crippen molar-refractivity contribution in [3.8, 4) is 0 Å². The Bertz CT molecular complexity index is 160. The molecule has 2 saturated carbocycles. The molecule has 0 heterocycles. The van der Waals surface area contributed by atoms with Crippen LogP contribution in [-0.4, -0.2) is 0 Å². The van der Waals surface area contributed by atoms with Gasteiger partial charge in [0.05, 0.1) is 0 Å². The van der Waals surface area contributed by atoms with Crippen LogP contribution in [-0.2, 0) is 0 Å². The van der Waals surface area contributed by atoms with Gasteiger partial charge in [0, 0.05) is 0 Å². The van der Waals surface area contributed by atoms with E-state index in [1.807, 2.05) is 5.57 Å². The van der Waals surface area contributed by atoms with Crippen LogP contribution in [0.25, 0.3) is 0 Å². The van der Waals surface area contributed by atoms with Crippen LogP contribution < -0.4 is 0 Å². The lowest BCUT2D eigenvalue weighted by Gasteiger charge is -2.20. The fraction of sp³-hybridized carbons (Fsp3) is 0.846. The largest absolute Gasteiger partial charge is 0.0879 e. The minimum Gasteiger partial charge on any atom is -0.0879 e. The van der Waals surface area contributed by atoms with Crippen LogP contribution in [0.4, 0.5) is 0 Å². The summed E-state index contributed by atoms with van der Waals surface area (Å²) in [6.07, 6.45) is 14.3. The maximum absolute atomic E-state index is 2.44. The summed E-state index contributed by atoms with van der Waals surface area (Å²) in [6, 6.07) is 0. The number of hydrogen-bond acceptors (Lipinski definition) is 0. The molecule has 0 aliphatic heterocycles. The minimum atomic E-state index is 0.980. The zero-order chi connectivity index (χ0) is 9.10. The summed E-state index contributed by atoms with van der Waals surface area (Å²) in [4.78, 5) is 0. The zero-order valence-electron chi connectivity index (χ0n) is 8.89. The van der Waals surface area contributed by atoms with Crippen LogP contribution in [0.5, 0.6) is 0 Å². The summed E-state index contributed by atoms with van der Waals surface area (Å²) in [6.45, 7) is 2.26. The average Bonchev–Trinajstić information content (AvgIpc) is 2.76. The quantitative estimate of drug-likeness (QED) is 0.553. The Labute approximate surface area is 82.4 Å². The van der Waals surface area contributed by atoms with Crippen LogP contribution in [0.15, 0.2) is 11.6 Å². The molecule has 13 heavy (non-hydrogen) atoms. The van der Waals surface area contributed by atoms with E-state index < -0.39 is 0 Å². The molecule has 74 valence electrons. The molecule has 0 N–H and O–H groups in total. The van der Waals surface area contributed by atoms with E-state index in [9.17, 15) is 0 Å². The van der Waals surface area contributed by atoms with Gasteiger partial charge in [-0.15, -0.1) is 0 Å². The molecule has 0 aromatic heterocycles. The zero-order valence-corrected chi connectivity index (χ0v) is 8.89. The van der Waals surface area contributed by atoms with E-state index in [4.69, 9.17) is 0 Å². The van der Waals surface area contributed by atoms with Crippen molar-refractivity contribution in [1.29, 1.82) is 0 Å². The molecule has 2 rings (SSSR count). The molecular weight excluding hydrogens is 156 g/mol. The first-order valence-corrected chi connectivity index (χ1v) is 6.08. The lowest BCUT2D eigenvalue weighted by Crippen LogP contribution is -2.07. The maximum atomic E-state index is 2.44. The third-order valence-corrected chi connectivity index (χ3v) is 3.99. The fourth-order valence-corrected chi connectivity index (χ4v) is 3.32. The molecule has 0 spiro atoms. The van der Waals surface area contributed by atoms with Crippen molar-refractivity contribution in [3.63, 3.8) is 0 Å². The van der Waals surface area contributed by atoms with Gasteiger partial charge in [-0.1, -0.05) is 37.3 Å². The molecule has 0 aromatic rings. The van der Waals surface area contributed by atoms with Crippen molar-refractivity contribution in [2.75, 3.05) is 0 Å². The first kappa shape index (κ1) is 9.30. The number of rotatable bonds is 2. The smallest absolute Gasteiger partial charge is 0.0201 e. The topological polar surface area (TPSA) is 0 Å². The lowest BCUT2D eigenvalue weighted by molar-refractivity contribution is 0.513. The molecule has 0 nitrogen and oxygen atoms in total. The molecule has 2 aliphatic rings.